The third-order valence-corrected chi connectivity index (χ3v) is 3.33. The number of hydrogen-bond acceptors (Lipinski definition) is 3. The van der Waals surface area contributed by atoms with Gasteiger partial charge < -0.3 is 9.47 Å². The summed E-state index contributed by atoms with van der Waals surface area (Å²) in [5.41, 5.74) is 0. The number of alkyl halides is 1. The molecule has 2 heterocycles. The first-order valence-electron chi connectivity index (χ1n) is 5.51. The van der Waals surface area contributed by atoms with Crippen LogP contribution in [-0.4, -0.2) is 39.3 Å². The summed E-state index contributed by atoms with van der Waals surface area (Å²) in [4.78, 5) is 2.46. The standard InChI is InChI=1S/C10H17ClN4/c1-2-14-5-3-4-9(7-14)15-8-12-13-10(15)6-11/h8-9H,2-7H2,1H3. The lowest BCUT2D eigenvalue weighted by atomic mass is 10.1. The molecule has 0 aromatic carbocycles. The van der Waals surface area contributed by atoms with Crippen LogP contribution in [0.5, 0.6) is 0 Å². The fraction of sp³-hybridized carbons (Fsp3) is 0.800. The monoisotopic (exact) mass is 228 g/mol. The van der Waals surface area contributed by atoms with E-state index in [4.69, 9.17) is 11.6 Å². The first kappa shape index (κ1) is 10.9. The van der Waals surface area contributed by atoms with Crippen LogP contribution in [0.3, 0.4) is 0 Å². The molecule has 0 spiro atoms. The summed E-state index contributed by atoms with van der Waals surface area (Å²) in [6, 6.07) is 0.502. The van der Waals surface area contributed by atoms with Crippen molar-refractivity contribution in [3.63, 3.8) is 0 Å². The molecular formula is C10H17ClN4. The minimum Gasteiger partial charge on any atom is -0.312 e. The Labute approximate surface area is 95.2 Å². The van der Waals surface area contributed by atoms with Crippen molar-refractivity contribution in [2.24, 2.45) is 0 Å². The first-order valence-corrected chi connectivity index (χ1v) is 6.05. The molecule has 1 aliphatic rings. The molecule has 4 nitrogen and oxygen atoms in total. The molecule has 0 bridgehead atoms. The van der Waals surface area contributed by atoms with Crippen molar-refractivity contribution in [3.05, 3.63) is 12.2 Å². The fourth-order valence-electron chi connectivity index (χ4n) is 2.21. The van der Waals surface area contributed by atoms with E-state index >= 15 is 0 Å². The minimum absolute atomic E-state index is 0.447. The van der Waals surface area contributed by atoms with Crippen molar-refractivity contribution in [3.8, 4) is 0 Å². The molecule has 84 valence electrons. The molecule has 1 saturated heterocycles. The van der Waals surface area contributed by atoms with Gasteiger partial charge in [-0.1, -0.05) is 6.92 Å². The van der Waals surface area contributed by atoms with Crippen LogP contribution < -0.4 is 0 Å². The van der Waals surface area contributed by atoms with Gasteiger partial charge in [-0.3, -0.25) is 0 Å². The SMILES string of the molecule is CCN1CCCC(n2cnnc2CCl)C1. The second kappa shape index (κ2) is 4.94. The van der Waals surface area contributed by atoms with E-state index in [9.17, 15) is 0 Å². The Morgan fingerprint density at radius 1 is 1.60 bits per heavy atom. The number of hydrogen-bond donors (Lipinski definition) is 0. The number of rotatable bonds is 3. The van der Waals surface area contributed by atoms with Gasteiger partial charge in [0.1, 0.15) is 12.2 Å². The van der Waals surface area contributed by atoms with Gasteiger partial charge >= 0.3 is 0 Å². The van der Waals surface area contributed by atoms with E-state index in [0.717, 1.165) is 18.9 Å². The van der Waals surface area contributed by atoms with Crippen LogP contribution in [0.4, 0.5) is 0 Å². The summed E-state index contributed by atoms with van der Waals surface area (Å²) < 4.78 is 2.13. The first-order chi connectivity index (χ1) is 7.35. The Balaban J connectivity index is 2.09. The Kier molecular flexibility index (Phi) is 3.59. The summed E-state index contributed by atoms with van der Waals surface area (Å²) in [5, 5.41) is 7.95. The van der Waals surface area contributed by atoms with E-state index < -0.39 is 0 Å². The number of piperidine rings is 1. The second-order valence-corrected chi connectivity index (χ2v) is 4.24. The van der Waals surface area contributed by atoms with E-state index in [0.29, 0.717) is 11.9 Å². The Morgan fingerprint density at radius 2 is 2.47 bits per heavy atom. The van der Waals surface area contributed by atoms with Gasteiger partial charge in [-0.2, -0.15) is 0 Å². The zero-order valence-electron chi connectivity index (χ0n) is 9.06. The Morgan fingerprint density at radius 3 is 3.20 bits per heavy atom. The van der Waals surface area contributed by atoms with Crippen molar-refractivity contribution < 1.29 is 0 Å². The van der Waals surface area contributed by atoms with E-state index in [2.05, 4.69) is 26.6 Å². The van der Waals surface area contributed by atoms with Crippen LogP contribution in [0, 0.1) is 0 Å². The van der Waals surface area contributed by atoms with Gasteiger partial charge in [-0.05, 0) is 25.9 Å². The maximum atomic E-state index is 5.83. The van der Waals surface area contributed by atoms with E-state index in [-0.39, 0.29) is 0 Å². The quantitative estimate of drug-likeness (QED) is 0.739. The van der Waals surface area contributed by atoms with Crippen molar-refractivity contribution >= 4 is 11.6 Å². The van der Waals surface area contributed by atoms with Crippen LogP contribution in [0.2, 0.25) is 0 Å². The molecule has 1 aromatic rings. The van der Waals surface area contributed by atoms with Gasteiger partial charge in [-0.25, -0.2) is 0 Å². The molecule has 0 amide bonds. The van der Waals surface area contributed by atoms with Crippen molar-refractivity contribution in [2.75, 3.05) is 19.6 Å². The molecule has 15 heavy (non-hydrogen) atoms. The average Bonchev–Trinajstić information content (AvgIpc) is 2.77. The highest BCUT2D eigenvalue weighted by Crippen LogP contribution is 2.22. The number of likely N-dealkylation sites (tertiary alicyclic amines) is 1. The lowest BCUT2D eigenvalue weighted by Gasteiger charge is -2.32. The van der Waals surface area contributed by atoms with Gasteiger partial charge in [0.05, 0.1) is 5.88 Å². The fourth-order valence-corrected chi connectivity index (χ4v) is 2.40. The Hall–Kier alpha value is -0.610. The molecule has 0 aliphatic carbocycles. The van der Waals surface area contributed by atoms with E-state index in [1.807, 2.05) is 6.33 Å². The molecule has 1 fully saturated rings. The summed E-state index contributed by atoms with van der Waals surface area (Å²) >= 11 is 5.83. The van der Waals surface area contributed by atoms with Crippen molar-refractivity contribution in [2.45, 2.75) is 31.7 Å². The van der Waals surface area contributed by atoms with Gasteiger partial charge in [0.25, 0.3) is 0 Å². The Bertz CT molecular complexity index is 312. The van der Waals surface area contributed by atoms with Crippen molar-refractivity contribution in [1.29, 1.82) is 0 Å². The molecule has 0 radical (unpaired) electrons. The topological polar surface area (TPSA) is 34.0 Å². The van der Waals surface area contributed by atoms with Crippen LogP contribution in [0.1, 0.15) is 31.6 Å². The molecule has 5 heteroatoms. The number of aromatic nitrogens is 3. The number of halogens is 1. The highest BCUT2D eigenvalue weighted by Gasteiger charge is 2.21. The highest BCUT2D eigenvalue weighted by molar-refractivity contribution is 6.16. The van der Waals surface area contributed by atoms with Crippen LogP contribution in [0.25, 0.3) is 0 Å². The maximum Gasteiger partial charge on any atom is 0.148 e. The zero-order valence-corrected chi connectivity index (χ0v) is 9.82. The molecule has 1 atom stereocenters. The number of likely N-dealkylation sites (N-methyl/N-ethyl adjacent to an activating group) is 1. The molecule has 1 aromatic heterocycles. The summed E-state index contributed by atoms with van der Waals surface area (Å²) in [7, 11) is 0. The predicted molar refractivity (Wildman–Crippen MR) is 60.0 cm³/mol. The number of nitrogens with zero attached hydrogens (tertiary/aromatic N) is 4. The molecule has 1 aliphatic heterocycles. The minimum atomic E-state index is 0.447. The maximum absolute atomic E-state index is 5.83. The molecular weight excluding hydrogens is 212 g/mol. The van der Waals surface area contributed by atoms with Crippen LogP contribution >= 0.6 is 11.6 Å². The molecule has 2 rings (SSSR count). The second-order valence-electron chi connectivity index (χ2n) is 3.98. The zero-order chi connectivity index (χ0) is 10.7. The largest absolute Gasteiger partial charge is 0.312 e. The van der Waals surface area contributed by atoms with Gasteiger partial charge in [-0.15, -0.1) is 21.8 Å². The normalized spacial score (nSPS) is 23.2. The molecule has 1 unspecified atom stereocenters. The third kappa shape index (κ3) is 2.32. The lowest BCUT2D eigenvalue weighted by molar-refractivity contribution is 0.183. The summed E-state index contributed by atoms with van der Waals surface area (Å²) in [6.45, 7) is 5.63. The highest BCUT2D eigenvalue weighted by atomic mass is 35.5. The molecule has 0 saturated carbocycles. The van der Waals surface area contributed by atoms with Crippen LogP contribution in [0.15, 0.2) is 6.33 Å². The van der Waals surface area contributed by atoms with Gasteiger partial charge in [0.2, 0.25) is 0 Å². The summed E-state index contributed by atoms with van der Waals surface area (Å²) in [5.74, 6) is 1.34. The third-order valence-electron chi connectivity index (χ3n) is 3.09. The smallest absolute Gasteiger partial charge is 0.148 e. The van der Waals surface area contributed by atoms with Gasteiger partial charge in [0, 0.05) is 12.6 Å². The van der Waals surface area contributed by atoms with E-state index in [1.165, 1.54) is 19.4 Å². The molecule has 0 N–H and O–H groups in total. The predicted octanol–water partition coefficient (Wildman–Crippen LogP) is 1.67. The average molecular weight is 229 g/mol. The van der Waals surface area contributed by atoms with Crippen molar-refractivity contribution in [1.82, 2.24) is 19.7 Å². The van der Waals surface area contributed by atoms with Gasteiger partial charge in [0.15, 0.2) is 0 Å². The van der Waals surface area contributed by atoms with Crippen LogP contribution in [-0.2, 0) is 5.88 Å². The summed E-state index contributed by atoms with van der Waals surface area (Å²) in [6.07, 6.45) is 4.26. The van der Waals surface area contributed by atoms with E-state index in [1.54, 1.807) is 0 Å². The lowest BCUT2D eigenvalue weighted by Crippen LogP contribution is -2.36.